The first-order chi connectivity index (χ1) is 12.3. The van der Waals surface area contributed by atoms with Gasteiger partial charge >= 0.3 is 0 Å². The molecule has 0 aliphatic carbocycles. The lowest BCUT2D eigenvalue weighted by molar-refractivity contribution is -0.138. The predicted octanol–water partition coefficient (Wildman–Crippen LogP) is 3.86. The monoisotopic (exact) mass is 333 g/mol. The number of hydrogen-bond acceptors (Lipinski definition) is 3. The van der Waals surface area contributed by atoms with Crippen LogP contribution in [0.4, 0.5) is 5.69 Å². The first-order valence-corrected chi connectivity index (χ1v) is 9.03. The molecule has 1 atom stereocenters. The molecular weight excluding hydrogens is 310 g/mol. The van der Waals surface area contributed by atoms with Crippen molar-refractivity contribution in [3.63, 3.8) is 0 Å². The zero-order valence-electron chi connectivity index (χ0n) is 14.3. The molecule has 0 bridgehead atoms. The Balaban J connectivity index is 1.41. The average Bonchev–Trinajstić information content (AvgIpc) is 3.19. The summed E-state index contributed by atoms with van der Waals surface area (Å²) in [5.74, 6) is 0.247. The van der Waals surface area contributed by atoms with Gasteiger partial charge in [-0.05, 0) is 30.5 Å². The number of piperidine rings is 1. The van der Waals surface area contributed by atoms with E-state index in [0.29, 0.717) is 0 Å². The van der Waals surface area contributed by atoms with E-state index in [4.69, 9.17) is 0 Å². The summed E-state index contributed by atoms with van der Waals surface area (Å²) >= 11 is 0. The molecule has 0 radical (unpaired) electrons. The fourth-order valence-electron chi connectivity index (χ4n) is 3.79. The zero-order valence-corrected chi connectivity index (χ0v) is 14.3. The minimum absolute atomic E-state index is 0.0563. The number of nitrogens with zero attached hydrogens (tertiary/aromatic N) is 3. The fourth-order valence-corrected chi connectivity index (χ4v) is 3.79. The number of carbonyl (C=O) groups excluding carboxylic acids is 1. The summed E-state index contributed by atoms with van der Waals surface area (Å²) in [4.78, 5) is 15.4. The molecule has 2 aromatic rings. The second-order valence-electron chi connectivity index (χ2n) is 6.74. The van der Waals surface area contributed by atoms with Gasteiger partial charge in [0.05, 0.1) is 6.04 Å². The molecule has 0 unspecified atom stereocenters. The average molecular weight is 333 g/mol. The van der Waals surface area contributed by atoms with Crippen LogP contribution in [0.1, 0.15) is 30.9 Å². The van der Waals surface area contributed by atoms with Crippen molar-refractivity contribution in [2.75, 3.05) is 18.0 Å². The van der Waals surface area contributed by atoms with Gasteiger partial charge in [-0.2, -0.15) is 5.10 Å². The van der Waals surface area contributed by atoms with Crippen molar-refractivity contribution in [3.05, 3.63) is 66.2 Å². The Morgan fingerprint density at radius 2 is 1.56 bits per heavy atom. The van der Waals surface area contributed by atoms with Gasteiger partial charge in [-0.3, -0.25) is 4.79 Å². The van der Waals surface area contributed by atoms with Crippen molar-refractivity contribution in [2.45, 2.75) is 25.3 Å². The van der Waals surface area contributed by atoms with Crippen LogP contribution in [-0.4, -0.2) is 30.2 Å². The number of hydrazone groups is 1. The third-order valence-corrected chi connectivity index (χ3v) is 5.21. The van der Waals surface area contributed by atoms with Gasteiger partial charge < -0.3 is 4.90 Å². The van der Waals surface area contributed by atoms with Crippen molar-refractivity contribution in [3.8, 4) is 0 Å². The highest BCUT2D eigenvalue weighted by molar-refractivity contribution is 5.82. The van der Waals surface area contributed by atoms with Crippen molar-refractivity contribution >= 4 is 17.8 Å². The van der Waals surface area contributed by atoms with Crippen LogP contribution in [0.5, 0.6) is 0 Å². The topological polar surface area (TPSA) is 35.9 Å². The number of anilines is 1. The van der Waals surface area contributed by atoms with Gasteiger partial charge in [-0.1, -0.05) is 48.5 Å². The minimum atomic E-state index is 0.0563. The van der Waals surface area contributed by atoms with Crippen LogP contribution in [0, 0.1) is 5.92 Å². The summed E-state index contributed by atoms with van der Waals surface area (Å²) in [7, 11) is 0. The maximum atomic E-state index is 13.0. The molecule has 0 saturated carbocycles. The Labute approximate surface area is 148 Å². The predicted molar refractivity (Wildman–Crippen MR) is 101 cm³/mol. The van der Waals surface area contributed by atoms with E-state index < -0.39 is 0 Å². The Hall–Kier alpha value is -2.62. The number of benzene rings is 2. The number of hydrogen-bond donors (Lipinski definition) is 0. The molecular formula is C21H23N3O. The van der Waals surface area contributed by atoms with Crippen molar-refractivity contribution in [1.29, 1.82) is 0 Å². The van der Waals surface area contributed by atoms with E-state index in [1.165, 1.54) is 5.69 Å². The molecule has 128 valence electrons. The summed E-state index contributed by atoms with van der Waals surface area (Å²) in [6.07, 6.45) is 4.45. The van der Waals surface area contributed by atoms with E-state index in [1.54, 1.807) is 5.01 Å². The number of para-hydroxylation sites is 1. The second-order valence-corrected chi connectivity index (χ2v) is 6.74. The molecule has 1 fully saturated rings. The largest absolute Gasteiger partial charge is 0.371 e. The molecule has 1 saturated heterocycles. The van der Waals surface area contributed by atoms with Crippen LogP contribution >= 0.6 is 0 Å². The number of rotatable bonds is 3. The van der Waals surface area contributed by atoms with Crippen molar-refractivity contribution in [2.24, 2.45) is 11.0 Å². The normalized spacial score (nSPS) is 20.9. The standard InChI is InChI=1S/C21H23N3O/c25-21(24-20(11-14-22-24)17-7-3-1-4-8-17)18-12-15-23(16-13-18)19-9-5-2-6-10-19/h1-10,14,18,20H,11-13,15-16H2/t20-/m0/s1. The molecule has 2 aliphatic rings. The summed E-state index contributed by atoms with van der Waals surface area (Å²) in [6, 6.07) is 20.7. The van der Waals surface area contributed by atoms with Crippen LogP contribution in [0.2, 0.25) is 0 Å². The SMILES string of the molecule is O=C(C1CCN(c2ccccc2)CC1)N1N=CC[C@H]1c1ccccc1. The molecule has 0 aromatic heterocycles. The van der Waals surface area contributed by atoms with Gasteiger partial charge in [0.2, 0.25) is 5.91 Å². The summed E-state index contributed by atoms with van der Waals surface area (Å²) in [5, 5.41) is 6.11. The van der Waals surface area contributed by atoms with E-state index >= 15 is 0 Å². The highest BCUT2D eigenvalue weighted by Crippen LogP contribution is 2.32. The van der Waals surface area contributed by atoms with E-state index in [2.05, 4.69) is 46.4 Å². The lowest BCUT2D eigenvalue weighted by atomic mass is 9.94. The van der Waals surface area contributed by atoms with Gasteiger partial charge in [-0.25, -0.2) is 5.01 Å². The number of carbonyl (C=O) groups is 1. The molecule has 2 aliphatic heterocycles. The molecule has 0 spiro atoms. The fraction of sp³-hybridized carbons (Fsp3) is 0.333. The quantitative estimate of drug-likeness (QED) is 0.855. The van der Waals surface area contributed by atoms with E-state index in [1.807, 2.05) is 30.5 Å². The third kappa shape index (κ3) is 3.29. The van der Waals surface area contributed by atoms with Crippen LogP contribution in [-0.2, 0) is 4.79 Å². The lowest BCUT2D eigenvalue weighted by Crippen LogP contribution is -2.41. The second kappa shape index (κ2) is 7.09. The molecule has 25 heavy (non-hydrogen) atoms. The molecule has 4 heteroatoms. The zero-order chi connectivity index (χ0) is 17.1. The Kier molecular flexibility index (Phi) is 4.51. The van der Waals surface area contributed by atoms with Gasteiger partial charge in [0.1, 0.15) is 0 Å². The Morgan fingerprint density at radius 3 is 2.24 bits per heavy atom. The van der Waals surface area contributed by atoms with Crippen LogP contribution < -0.4 is 4.90 Å². The molecule has 4 rings (SSSR count). The van der Waals surface area contributed by atoms with Gasteiger partial charge in [0.15, 0.2) is 0 Å². The molecule has 1 amide bonds. The van der Waals surface area contributed by atoms with Gasteiger partial charge in [0.25, 0.3) is 0 Å². The minimum Gasteiger partial charge on any atom is -0.371 e. The summed E-state index contributed by atoms with van der Waals surface area (Å²) in [5.41, 5.74) is 2.41. The summed E-state index contributed by atoms with van der Waals surface area (Å²) in [6.45, 7) is 1.85. The van der Waals surface area contributed by atoms with Crippen LogP contribution in [0.3, 0.4) is 0 Å². The van der Waals surface area contributed by atoms with E-state index in [9.17, 15) is 4.79 Å². The maximum Gasteiger partial charge on any atom is 0.246 e. The van der Waals surface area contributed by atoms with E-state index in [-0.39, 0.29) is 17.9 Å². The number of amides is 1. The maximum absolute atomic E-state index is 13.0. The molecule has 0 N–H and O–H groups in total. The van der Waals surface area contributed by atoms with Gasteiger partial charge in [0, 0.05) is 37.3 Å². The highest BCUT2D eigenvalue weighted by atomic mass is 16.2. The van der Waals surface area contributed by atoms with Crippen molar-refractivity contribution in [1.82, 2.24) is 5.01 Å². The van der Waals surface area contributed by atoms with Crippen LogP contribution in [0.25, 0.3) is 0 Å². The molecule has 2 heterocycles. The first kappa shape index (κ1) is 15.9. The van der Waals surface area contributed by atoms with Crippen molar-refractivity contribution < 1.29 is 4.79 Å². The lowest BCUT2D eigenvalue weighted by Gasteiger charge is -2.35. The third-order valence-electron chi connectivity index (χ3n) is 5.21. The van der Waals surface area contributed by atoms with E-state index in [0.717, 1.165) is 37.9 Å². The molecule has 2 aromatic carbocycles. The summed E-state index contributed by atoms with van der Waals surface area (Å²) < 4.78 is 0. The highest BCUT2D eigenvalue weighted by Gasteiger charge is 2.34. The smallest absolute Gasteiger partial charge is 0.246 e. The molecule has 4 nitrogen and oxygen atoms in total. The Bertz CT molecular complexity index is 736. The van der Waals surface area contributed by atoms with Crippen LogP contribution in [0.15, 0.2) is 65.8 Å². The first-order valence-electron chi connectivity index (χ1n) is 9.03. The van der Waals surface area contributed by atoms with Gasteiger partial charge in [-0.15, -0.1) is 0 Å². The Morgan fingerprint density at radius 1 is 0.920 bits per heavy atom.